The Balaban J connectivity index is 1.54. The van der Waals surface area contributed by atoms with E-state index in [1.54, 1.807) is 6.07 Å². The molecule has 0 saturated heterocycles. The first-order valence-electron chi connectivity index (χ1n) is 12.3. The van der Waals surface area contributed by atoms with E-state index in [4.69, 9.17) is 4.98 Å². The SMILES string of the molecule is Oc1ccccc1-n1[c-][n+](C2(c3cccc(-c4ccccc4)n3)c3ccccc3-c3ccccc32)cc1. The van der Waals surface area contributed by atoms with Crippen LogP contribution in [0.25, 0.3) is 28.1 Å². The molecule has 1 N–H and O–H groups in total. The van der Waals surface area contributed by atoms with E-state index >= 15 is 0 Å². The van der Waals surface area contributed by atoms with Crippen molar-refractivity contribution in [3.63, 3.8) is 0 Å². The molecule has 6 aromatic rings. The summed E-state index contributed by atoms with van der Waals surface area (Å²) in [5, 5.41) is 10.5. The number of nitrogens with zero attached hydrogens (tertiary/aromatic N) is 3. The zero-order valence-electron chi connectivity index (χ0n) is 20.0. The Bertz CT molecular complexity index is 1710. The van der Waals surface area contributed by atoms with Crippen molar-refractivity contribution in [2.75, 3.05) is 0 Å². The van der Waals surface area contributed by atoms with Crippen molar-refractivity contribution in [3.8, 4) is 33.8 Å². The first-order chi connectivity index (χ1) is 18.3. The lowest BCUT2D eigenvalue weighted by molar-refractivity contribution is -0.737. The lowest BCUT2D eigenvalue weighted by Gasteiger charge is -2.31. The number of phenolic OH excluding ortho intramolecular Hbond substituents is 1. The smallest absolute Gasteiger partial charge is 0.244 e. The van der Waals surface area contributed by atoms with Crippen molar-refractivity contribution in [2.24, 2.45) is 0 Å². The predicted molar refractivity (Wildman–Crippen MR) is 143 cm³/mol. The molecule has 0 fully saturated rings. The highest BCUT2D eigenvalue weighted by Gasteiger charge is 2.50. The first-order valence-corrected chi connectivity index (χ1v) is 12.3. The Labute approximate surface area is 215 Å². The third kappa shape index (κ3) is 3.16. The summed E-state index contributed by atoms with van der Waals surface area (Å²) in [6.45, 7) is 0. The minimum Gasteiger partial charge on any atom is -0.513 e. The topological polar surface area (TPSA) is 41.9 Å². The highest BCUT2D eigenvalue weighted by atomic mass is 16.3. The summed E-state index contributed by atoms with van der Waals surface area (Å²) in [7, 11) is 0. The number of aromatic nitrogens is 3. The van der Waals surface area contributed by atoms with Crippen molar-refractivity contribution < 1.29 is 9.67 Å². The van der Waals surface area contributed by atoms with E-state index in [0.29, 0.717) is 5.69 Å². The number of para-hydroxylation sites is 2. The predicted octanol–water partition coefficient (Wildman–Crippen LogP) is 6.15. The summed E-state index contributed by atoms with van der Waals surface area (Å²) >= 11 is 0. The molecule has 7 rings (SSSR count). The van der Waals surface area contributed by atoms with Gasteiger partial charge in [-0.3, -0.25) is 0 Å². The third-order valence-corrected chi connectivity index (χ3v) is 7.20. The average molecular weight is 478 g/mol. The summed E-state index contributed by atoms with van der Waals surface area (Å²) in [5.74, 6) is 0.201. The van der Waals surface area contributed by atoms with Crippen LogP contribution < -0.4 is 4.57 Å². The lowest BCUT2D eigenvalue weighted by Crippen LogP contribution is -2.57. The summed E-state index contributed by atoms with van der Waals surface area (Å²) in [6, 6.07) is 40.9. The molecule has 0 atom stereocenters. The van der Waals surface area contributed by atoms with Gasteiger partial charge < -0.3 is 14.2 Å². The molecule has 4 nitrogen and oxygen atoms in total. The van der Waals surface area contributed by atoms with E-state index in [9.17, 15) is 5.11 Å². The van der Waals surface area contributed by atoms with Gasteiger partial charge in [-0.15, -0.1) is 0 Å². The quantitative estimate of drug-likeness (QED) is 0.244. The number of aromatic hydroxyl groups is 1. The molecule has 4 heteroatoms. The van der Waals surface area contributed by atoms with Crippen LogP contribution in [0.4, 0.5) is 0 Å². The molecule has 176 valence electrons. The van der Waals surface area contributed by atoms with E-state index in [2.05, 4.69) is 89.8 Å². The first kappa shape index (κ1) is 21.3. The zero-order valence-corrected chi connectivity index (χ0v) is 20.0. The third-order valence-electron chi connectivity index (χ3n) is 7.20. The molecule has 37 heavy (non-hydrogen) atoms. The largest absolute Gasteiger partial charge is 0.513 e. The van der Waals surface area contributed by atoms with Crippen molar-refractivity contribution in [3.05, 3.63) is 157 Å². The molecule has 0 amide bonds. The highest BCUT2D eigenvalue weighted by Crippen LogP contribution is 2.50. The molecule has 0 saturated carbocycles. The van der Waals surface area contributed by atoms with Crippen LogP contribution in [-0.4, -0.2) is 14.7 Å². The summed E-state index contributed by atoms with van der Waals surface area (Å²) in [6.07, 6.45) is 7.47. The Morgan fingerprint density at radius 1 is 0.676 bits per heavy atom. The van der Waals surface area contributed by atoms with Gasteiger partial charge in [0.2, 0.25) is 6.33 Å². The standard InChI is InChI=1S/C33H23N3O/c37-31-19-9-8-18-30(31)35-21-22-36(23-35)33(32-20-10-17-29(34-32)24-11-2-1-3-12-24)27-15-6-4-13-25(27)26-14-5-7-16-28(26)33/h1-22,37H. The average Bonchev–Trinajstić information content (AvgIpc) is 3.56. The molecule has 0 radical (unpaired) electrons. The molecule has 1 aliphatic carbocycles. The molecule has 2 aromatic heterocycles. The molecule has 0 bridgehead atoms. The fourth-order valence-corrected chi connectivity index (χ4v) is 5.58. The Kier molecular flexibility index (Phi) is 4.79. The van der Waals surface area contributed by atoms with E-state index in [0.717, 1.165) is 28.1 Å². The molecule has 0 unspecified atom stereocenters. The van der Waals surface area contributed by atoms with E-state index in [-0.39, 0.29) is 5.75 Å². The monoisotopic (exact) mass is 477 g/mol. The van der Waals surface area contributed by atoms with Gasteiger partial charge in [-0.05, 0) is 29.3 Å². The second-order valence-electron chi connectivity index (χ2n) is 9.20. The molecule has 0 spiro atoms. The van der Waals surface area contributed by atoms with Crippen LogP contribution in [0, 0.1) is 6.33 Å². The van der Waals surface area contributed by atoms with Gasteiger partial charge in [0.05, 0.1) is 17.1 Å². The van der Waals surface area contributed by atoms with E-state index < -0.39 is 5.54 Å². The number of rotatable bonds is 4. The Hall–Kier alpha value is -4.96. The van der Waals surface area contributed by atoms with Crippen molar-refractivity contribution >= 4 is 0 Å². The van der Waals surface area contributed by atoms with Gasteiger partial charge in [-0.25, -0.2) is 4.98 Å². The number of hydrogen-bond donors (Lipinski definition) is 1. The van der Waals surface area contributed by atoms with Crippen LogP contribution in [0.1, 0.15) is 16.8 Å². The maximum atomic E-state index is 10.5. The van der Waals surface area contributed by atoms with Gasteiger partial charge >= 0.3 is 0 Å². The fourth-order valence-electron chi connectivity index (χ4n) is 5.58. The summed E-state index contributed by atoms with van der Waals surface area (Å²) in [4.78, 5) is 5.27. The van der Waals surface area contributed by atoms with Crippen LogP contribution >= 0.6 is 0 Å². The number of phenols is 1. The van der Waals surface area contributed by atoms with Crippen molar-refractivity contribution in [1.82, 2.24) is 9.55 Å². The lowest BCUT2D eigenvalue weighted by atomic mass is 9.83. The second kappa shape index (κ2) is 8.32. The number of hydrogen-bond acceptors (Lipinski definition) is 2. The fraction of sp³-hybridized carbons (Fsp3) is 0.0303. The molecular weight excluding hydrogens is 454 g/mol. The van der Waals surface area contributed by atoms with Crippen molar-refractivity contribution in [1.29, 1.82) is 0 Å². The second-order valence-corrected chi connectivity index (χ2v) is 9.20. The van der Waals surface area contributed by atoms with Crippen LogP contribution in [0.5, 0.6) is 5.75 Å². The number of fused-ring (bicyclic) bond motifs is 3. The Morgan fingerprint density at radius 3 is 2.05 bits per heavy atom. The van der Waals surface area contributed by atoms with Gasteiger partial charge in [-0.1, -0.05) is 103 Å². The van der Waals surface area contributed by atoms with Gasteiger partial charge in [0, 0.05) is 29.1 Å². The summed E-state index contributed by atoms with van der Waals surface area (Å²) < 4.78 is 3.93. The van der Waals surface area contributed by atoms with Crippen LogP contribution in [0.3, 0.4) is 0 Å². The van der Waals surface area contributed by atoms with E-state index in [1.165, 1.54) is 11.1 Å². The zero-order chi connectivity index (χ0) is 24.8. The van der Waals surface area contributed by atoms with Gasteiger partial charge in [0.1, 0.15) is 5.75 Å². The van der Waals surface area contributed by atoms with Gasteiger partial charge in [0.15, 0.2) is 5.54 Å². The molecule has 2 heterocycles. The van der Waals surface area contributed by atoms with Gasteiger partial charge in [-0.2, -0.15) is 0 Å². The van der Waals surface area contributed by atoms with Crippen LogP contribution in [0.15, 0.2) is 134 Å². The van der Waals surface area contributed by atoms with Crippen LogP contribution in [0.2, 0.25) is 0 Å². The molecule has 0 aliphatic heterocycles. The molecule has 4 aromatic carbocycles. The summed E-state index contributed by atoms with van der Waals surface area (Å²) in [5.41, 5.74) is 7.47. The maximum Gasteiger partial charge on any atom is 0.244 e. The number of benzene rings is 4. The molecular formula is C33H23N3O. The molecule has 1 aliphatic rings. The normalized spacial score (nSPS) is 13.2. The maximum absolute atomic E-state index is 10.5. The van der Waals surface area contributed by atoms with Crippen molar-refractivity contribution in [2.45, 2.75) is 5.54 Å². The number of imidazole rings is 1. The van der Waals surface area contributed by atoms with Crippen LogP contribution in [-0.2, 0) is 5.54 Å². The minimum atomic E-state index is -0.742. The number of pyridine rings is 1. The van der Waals surface area contributed by atoms with Gasteiger partial charge in [0.25, 0.3) is 0 Å². The minimum absolute atomic E-state index is 0.201. The Morgan fingerprint density at radius 2 is 1.32 bits per heavy atom. The highest BCUT2D eigenvalue weighted by molar-refractivity contribution is 5.82. The van der Waals surface area contributed by atoms with E-state index in [1.807, 2.05) is 53.4 Å².